The van der Waals surface area contributed by atoms with Gasteiger partial charge in [0.05, 0.1) is 16.5 Å². The molecule has 6 heteroatoms. The van der Waals surface area contributed by atoms with E-state index in [1.165, 1.54) is 18.3 Å². The standard InChI is InChI=1S/C14H12BrNO3S/c1-19-14-8-7-11(9-13(14)15)10-16-20(17,18)12-5-3-2-4-6-12/h2-10H,1H3/b16-10-. The van der Waals surface area contributed by atoms with Crippen LogP contribution in [-0.2, 0) is 10.0 Å². The summed E-state index contributed by atoms with van der Waals surface area (Å²) in [6.45, 7) is 0. The number of rotatable bonds is 4. The number of methoxy groups -OCH3 is 1. The molecular weight excluding hydrogens is 342 g/mol. The Labute approximate surface area is 126 Å². The summed E-state index contributed by atoms with van der Waals surface area (Å²) in [4.78, 5) is 0.170. The maximum Gasteiger partial charge on any atom is 0.282 e. The number of benzene rings is 2. The second kappa shape index (κ2) is 6.19. The quantitative estimate of drug-likeness (QED) is 0.792. The molecule has 20 heavy (non-hydrogen) atoms. The van der Waals surface area contributed by atoms with Crippen LogP contribution in [0.25, 0.3) is 0 Å². The minimum atomic E-state index is -3.66. The Morgan fingerprint density at radius 2 is 1.85 bits per heavy atom. The molecule has 0 radical (unpaired) electrons. The highest BCUT2D eigenvalue weighted by atomic mass is 79.9. The Bertz CT molecular complexity index is 727. The van der Waals surface area contributed by atoms with Crippen molar-refractivity contribution in [3.63, 3.8) is 0 Å². The van der Waals surface area contributed by atoms with Crippen molar-refractivity contribution in [3.8, 4) is 5.75 Å². The van der Waals surface area contributed by atoms with E-state index in [-0.39, 0.29) is 4.90 Å². The Morgan fingerprint density at radius 3 is 2.45 bits per heavy atom. The first-order valence-corrected chi connectivity index (χ1v) is 7.95. The van der Waals surface area contributed by atoms with Crippen LogP contribution in [0.2, 0.25) is 0 Å². The fourth-order valence-corrected chi connectivity index (χ4v) is 2.99. The SMILES string of the molecule is COc1ccc(/C=N\S(=O)(=O)c2ccccc2)cc1Br. The van der Waals surface area contributed by atoms with E-state index in [1.807, 2.05) is 0 Å². The lowest BCUT2D eigenvalue weighted by Gasteiger charge is -2.03. The molecule has 2 aromatic rings. The first-order valence-electron chi connectivity index (χ1n) is 5.72. The summed E-state index contributed by atoms with van der Waals surface area (Å²) in [7, 11) is -2.10. The first-order chi connectivity index (χ1) is 9.53. The Balaban J connectivity index is 2.28. The largest absolute Gasteiger partial charge is 0.496 e. The van der Waals surface area contributed by atoms with Crippen LogP contribution in [0.15, 0.2) is 62.3 Å². The number of ether oxygens (including phenoxy) is 1. The van der Waals surface area contributed by atoms with E-state index >= 15 is 0 Å². The summed E-state index contributed by atoms with van der Waals surface area (Å²) >= 11 is 3.34. The minimum absolute atomic E-state index is 0.170. The van der Waals surface area contributed by atoms with Crippen molar-refractivity contribution in [1.82, 2.24) is 0 Å². The molecule has 0 fully saturated rings. The van der Waals surface area contributed by atoms with E-state index in [4.69, 9.17) is 4.74 Å². The van der Waals surface area contributed by atoms with Gasteiger partial charge in [-0.3, -0.25) is 0 Å². The molecule has 0 aromatic heterocycles. The molecule has 4 nitrogen and oxygen atoms in total. The van der Waals surface area contributed by atoms with Gasteiger partial charge in [-0.05, 0) is 51.8 Å². The molecule has 0 aliphatic carbocycles. The van der Waals surface area contributed by atoms with Crippen LogP contribution in [0.3, 0.4) is 0 Å². The van der Waals surface area contributed by atoms with Gasteiger partial charge in [0.1, 0.15) is 5.75 Å². The monoisotopic (exact) mass is 353 g/mol. The smallest absolute Gasteiger partial charge is 0.282 e. The highest BCUT2D eigenvalue weighted by molar-refractivity contribution is 9.10. The maximum atomic E-state index is 12.0. The van der Waals surface area contributed by atoms with Gasteiger partial charge in [0.15, 0.2) is 0 Å². The van der Waals surface area contributed by atoms with Crippen LogP contribution in [-0.4, -0.2) is 21.7 Å². The Kier molecular flexibility index (Phi) is 4.57. The number of nitrogens with zero attached hydrogens (tertiary/aromatic N) is 1. The molecule has 0 aliphatic heterocycles. The lowest BCUT2D eigenvalue weighted by atomic mass is 10.2. The molecular formula is C14H12BrNO3S. The molecule has 0 aliphatic rings. The van der Waals surface area contributed by atoms with Crippen molar-refractivity contribution in [2.45, 2.75) is 4.90 Å². The number of hydrogen-bond donors (Lipinski definition) is 0. The van der Waals surface area contributed by atoms with Crippen molar-refractivity contribution < 1.29 is 13.2 Å². The molecule has 0 saturated carbocycles. The zero-order valence-corrected chi connectivity index (χ0v) is 13.1. The van der Waals surface area contributed by atoms with Crippen LogP contribution in [0.4, 0.5) is 0 Å². The molecule has 0 heterocycles. The summed E-state index contributed by atoms with van der Waals surface area (Å²) < 4.78 is 33.5. The average Bonchev–Trinajstić information content (AvgIpc) is 2.46. The third kappa shape index (κ3) is 3.46. The van der Waals surface area contributed by atoms with E-state index < -0.39 is 10.0 Å². The van der Waals surface area contributed by atoms with Gasteiger partial charge in [0.25, 0.3) is 10.0 Å². The molecule has 0 saturated heterocycles. The van der Waals surface area contributed by atoms with Crippen molar-refractivity contribution in [3.05, 3.63) is 58.6 Å². The summed E-state index contributed by atoms with van der Waals surface area (Å²) in [5.74, 6) is 0.674. The lowest BCUT2D eigenvalue weighted by molar-refractivity contribution is 0.412. The van der Waals surface area contributed by atoms with E-state index in [0.29, 0.717) is 11.3 Å². The van der Waals surface area contributed by atoms with E-state index in [1.54, 1.807) is 43.5 Å². The first kappa shape index (κ1) is 14.7. The van der Waals surface area contributed by atoms with E-state index in [2.05, 4.69) is 20.3 Å². The van der Waals surface area contributed by atoms with Gasteiger partial charge in [-0.25, -0.2) is 0 Å². The van der Waals surface area contributed by atoms with Crippen molar-refractivity contribution in [2.24, 2.45) is 4.40 Å². The Morgan fingerprint density at radius 1 is 1.15 bits per heavy atom. The molecule has 2 aromatic carbocycles. The van der Waals surface area contributed by atoms with Gasteiger partial charge in [0.2, 0.25) is 0 Å². The van der Waals surface area contributed by atoms with Crippen LogP contribution in [0.5, 0.6) is 5.75 Å². The van der Waals surface area contributed by atoms with Crippen molar-refractivity contribution in [1.29, 1.82) is 0 Å². The molecule has 0 unspecified atom stereocenters. The van der Waals surface area contributed by atoms with E-state index in [0.717, 1.165) is 4.47 Å². The lowest BCUT2D eigenvalue weighted by Crippen LogP contribution is -1.97. The fourth-order valence-electron chi connectivity index (χ4n) is 1.55. The second-order valence-corrected chi connectivity index (χ2v) is 6.40. The van der Waals surface area contributed by atoms with Crippen LogP contribution >= 0.6 is 15.9 Å². The topological polar surface area (TPSA) is 55.7 Å². The fraction of sp³-hybridized carbons (Fsp3) is 0.0714. The molecule has 2 rings (SSSR count). The number of halogens is 1. The van der Waals surface area contributed by atoms with Gasteiger partial charge in [-0.15, -0.1) is 0 Å². The minimum Gasteiger partial charge on any atom is -0.496 e. The normalized spacial score (nSPS) is 11.7. The zero-order chi connectivity index (χ0) is 14.6. The third-order valence-electron chi connectivity index (χ3n) is 2.56. The highest BCUT2D eigenvalue weighted by Gasteiger charge is 2.10. The molecule has 0 spiro atoms. The predicted molar refractivity (Wildman–Crippen MR) is 81.9 cm³/mol. The Hall–Kier alpha value is -1.66. The van der Waals surface area contributed by atoms with Gasteiger partial charge >= 0.3 is 0 Å². The highest BCUT2D eigenvalue weighted by Crippen LogP contribution is 2.25. The second-order valence-electron chi connectivity index (χ2n) is 3.92. The number of hydrogen-bond acceptors (Lipinski definition) is 3. The van der Waals surface area contributed by atoms with Gasteiger partial charge in [-0.2, -0.15) is 12.8 Å². The predicted octanol–water partition coefficient (Wildman–Crippen LogP) is 3.27. The van der Waals surface area contributed by atoms with Gasteiger partial charge < -0.3 is 4.74 Å². The molecule has 0 amide bonds. The van der Waals surface area contributed by atoms with Crippen LogP contribution in [0.1, 0.15) is 5.56 Å². The maximum absolute atomic E-state index is 12.0. The summed E-state index contributed by atoms with van der Waals surface area (Å²) in [5, 5.41) is 0. The molecule has 0 N–H and O–H groups in total. The average molecular weight is 354 g/mol. The van der Waals surface area contributed by atoms with Gasteiger partial charge in [0, 0.05) is 6.21 Å². The molecule has 0 atom stereocenters. The molecule has 0 bridgehead atoms. The summed E-state index contributed by atoms with van der Waals surface area (Å²) in [6.07, 6.45) is 1.31. The van der Waals surface area contributed by atoms with Gasteiger partial charge in [-0.1, -0.05) is 18.2 Å². The number of sulfonamides is 1. The summed E-state index contributed by atoms with van der Waals surface area (Å²) in [6, 6.07) is 13.3. The van der Waals surface area contributed by atoms with Crippen LogP contribution in [0, 0.1) is 0 Å². The van der Waals surface area contributed by atoms with Crippen molar-refractivity contribution in [2.75, 3.05) is 7.11 Å². The van der Waals surface area contributed by atoms with Crippen LogP contribution < -0.4 is 4.74 Å². The van der Waals surface area contributed by atoms with E-state index in [9.17, 15) is 8.42 Å². The van der Waals surface area contributed by atoms with Crippen molar-refractivity contribution >= 4 is 32.2 Å². The zero-order valence-electron chi connectivity index (χ0n) is 10.7. The molecule has 104 valence electrons. The third-order valence-corrected chi connectivity index (χ3v) is 4.43. The summed E-state index contributed by atoms with van der Waals surface area (Å²) in [5.41, 5.74) is 0.664.